The average molecular weight is 405 g/mol. The van der Waals surface area contributed by atoms with Crippen molar-refractivity contribution < 1.29 is 0 Å². The Hall–Kier alpha value is -3.69. The molecule has 0 saturated carbocycles. The standard InChI is InChI=1S/C27H20N2S/c30-27-28(23-17-9-3-10-18-23)25(21-13-5-1-6-14-21)26(22-15-7-2-8-16-22)29(27)24-19-11-4-12-20-24/h1-20H. The van der Waals surface area contributed by atoms with Crippen molar-refractivity contribution in [3.8, 4) is 33.9 Å². The van der Waals surface area contributed by atoms with E-state index in [0.29, 0.717) is 0 Å². The second-order valence-electron chi connectivity index (χ2n) is 7.05. The first-order chi connectivity index (χ1) is 14.8. The number of nitrogens with zero attached hydrogens (tertiary/aromatic N) is 2. The van der Waals surface area contributed by atoms with E-state index in [-0.39, 0.29) is 0 Å². The van der Waals surface area contributed by atoms with Gasteiger partial charge < -0.3 is 0 Å². The minimum Gasteiger partial charge on any atom is -0.284 e. The Balaban J connectivity index is 1.96. The Labute approximate surface area is 181 Å². The monoisotopic (exact) mass is 404 g/mol. The maximum absolute atomic E-state index is 6.09. The molecule has 5 aromatic rings. The molecule has 0 N–H and O–H groups in total. The van der Waals surface area contributed by atoms with E-state index in [4.69, 9.17) is 12.2 Å². The van der Waals surface area contributed by atoms with Gasteiger partial charge in [0.1, 0.15) is 0 Å². The van der Waals surface area contributed by atoms with Crippen LogP contribution in [0, 0.1) is 4.77 Å². The molecular weight excluding hydrogens is 384 g/mol. The predicted molar refractivity (Wildman–Crippen MR) is 127 cm³/mol. The van der Waals surface area contributed by atoms with Crippen molar-refractivity contribution >= 4 is 12.2 Å². The summed E-state index contributed by atoms with van der Waals surface area (Å²) in [5, 5.41) is 0. The molecule has 5 rings (SSSR count). The molecule has 0 fully saturated rings. The summed E-state index contributed by atoms with van der Waals surface area (Å²) in [6.45, 7) is 0. The minimum atomic E-state index is 0.741. The predicted octanol–water partition coefficient (Wildman–Crippen LogP) is 7.33. The van der Waals surface area contributed by atoms with Crippen LogP contribution in [0.4, 0.5) is 0 Å². The Morgan fingerprint density at radius 2 is 0.700 bits per heavy atom. The number of imidazole rings is 1. The Kier molecular flexibility index (Phi) is 4.88. The Bertz CT molecular complexity index is 1220. The van der Waals surface area contributed by atoms with Gasteiger partial charge in [0.25, 0.3) is 0 Å². The fourth-order valence-electron chi connectivity index (χ4n) is 3.86. The smallest absolute Gasteiger partial charge is 0.190 e. The lowest BCUT2D eigenvalue weighted by molar-refractivity contribution is 0.961. The summed E-state index contributed by atoms with van der Waals surface area (Å²) in [6, 6.07) is 41.6. The van der Waals surface area contributed by atoms with E-state index in [1.54, 1.807) is 0 Å². The lowest BCUT2D eigenvalue weighted by atomic mass is 10.0. The van der Waals surface area contributed by atoms with Crippen molar-refractivity contribution in [1.29, 1.82) is 0 Å². The molecular formula is C27H20N2S. The van der Waals surface area contributed by atoms with Gasteiger partial charge in [-0.1, -0.05) is 97.1 Å². The SMILES string of the molecule is S=c1n(-c2ccccc2)c(-c2ccccc2)c(-c2ccccc2)n1-c1ccccc1. The number of benzene rings is 4. The summed E-state index contributed by atoms with van der Waals surface area (Å²) < 4.78 is 5.10. The highest BCUT2D eigenvalue weighted by molar-refractivity contribution is 7.71. The van der Waals surface area contributed by atoms with Crippen LogP contribution in [0.2, 0.25) is 0 Å². The van der Waals surface area contributed by atoms with Crippen LogP contribution in [-0.4, -0.2) is 9.13 Å². The van der Waals surface area contributed by atoms with Crippen LogP contribution in [0.25, 0.3) is 33.9 Å². The number of hydrogen-bond donors (Lipinski definition) is 0. The molecule has 0 atom stereocenters. The van der Waals surface area contributed by atoms with Crippen LogP contribution in [0.5, 0.6) is 0 Å². The molecule has 1 heterocycles. The molecule has 3 heteroatoms. The molecule has 0 saturated heterocycles. The third-order valence-corrected chi connectivity index (χ3v) is 5.54. The van der Waals surface area contributed by atoms with Crippen molar-refractivity contribution in [3.63, 3.8) is 0 Å². The van der Waals surface area contributed by atoms with Crippen LogP contribution in [0.3, 0.4) is 0 Å². The molecule has 0 aliphatic heterocycles. The molecule has 0 aliphatic carbocycles. The van der Waals surface area contributed by atoms with Crippen molar-refractivity contribution in [2.45, 2.75) is 0 Å². The van der Waals surface area contributed by atoms with E-state index in [9.17, 15) is 0 Å². The van der Waals surface area contributed by atoms with Gasteiger partial charge >= 0.3 is 0 Å². The third kappa shape index (κ3) is 3.19. The normalized spacial score (nSPS) is 10.8. The van der Waals surface area contributed by atoms with Crippen LogP contribution in [-0.2, 0) is 0 Å². The van der Waals surface area contributed by atoms with E-state index < -0.39 is 0 Å². The van der Waals surface area contributed by atoms with Crippen LogP contribution >= 0.6 is 12.2 Å². The summed E-state index contributed by atoms with van der Waals surface area (Å²) >= 11 is 6.09. The maximum atomic E-state index is 6.09. The minimum absolute atomic E-state index is 0.741. The van der Waals surface area contributed by atoms with E-state index in [1.165, 1.54) is 0 Å². The van der Waals surface area contributed by atoms with E-state index in [0.717, 1.165) is 38.7 Å². The number of rotatable bonds is 4. The van der Waals surface area contributed by atoms with Gasteiger partial charge in [-0.15, -0.1) is 0 Å². The molecule has 0 spiro atoms. The summed E-state index contributed by atoms with van der Waals surface area (Å²) in [6.07, 6.45) is 0. The highest BCUT2D eigenvalue weighted by Crippen LogP contribution is 2.38. The highest BCUT2D eigenvalue weighted by Gasteiger charge is 2.22. The van der Waals surface area contributed by atoms with Gasteiger partial charge in [-0.05, 0) is 36.5 Å². The first kappa shape index (κ1) is 18.3. The quantitative estimate of drug-likeness (QED) is 0.285. The van der Waals surface area contributed by atoms with Crippen molar-refractivity contribution in [2.24, 2.45) is 0 Å². The molecule has 0 radical (unpaired) electrons. The summed E-state index contributed by atoms with van der Waals surface area (Å²) in [5.74, 6) is 0. The van der Waals surface area contributed by atoms with Crippen LogP contribution in [0.1, 0.15) is 0 Å². The molecule has 144 valence electrons. The van der Waals surface area contributed by atoms with Gasteiger partial charge in [0.15, 0.2) is 4.77 Å². The molecule has 0 aliphatic rings. The second-order valence-corrected chi connectivity index (χ2v) is 7.42. The van der Waals surface area contributed by atoms with Gasteiger partial charge in [0, 0.05) is 22.5 Å². The van der Waals surface area contributed by atoms with Gasteiger partial charge in [0.05, 0.1) is 11.4 Å². The molecule has 4 aromatic carbocycles. The topological polar surface area (TPSA) is 9.86 Å². The van der Waals surface area contributed by atoms with Gasteiger partial charge in [-0.2, -0.15) is 0 Å². The zero-order chi connectivity index (χ0) is 20.3. The summed E-state index contributed by atoms with van der Waals surface area (Å²) in [5.41, 5.74) is 6.52. The lowest BCUT2D eigenvalue weighted by Crippen LogP contribution is -1.99. The maximum Gasteiger partial charge on any atom is 0.190 e. The van der Waals surface area contributed by atoms with E-state index in [1.807, 2.05) is 48.5 Å². The van der Waals surface area contributed by atoms with Crippen molar-refractivity contribution in [1.82, 2.24) is 9.13 Å². The second kappa shape index (κ2) is 7.97. The molecule has 2 nitrogen and oxygen atoms in total. The molecule has 0 unspecified atom stereocenters. The first-order valence-electron chi connectivity index (χ1n) is 9.94. The third-order valence-electron chi connectivity index (χ3n) is 5.18. The number of hydrogen-bond acceptors (Lipinski definition) is 1. The van der Waals surface area contributed by atoms with E-state index in [2.05, 4.69) is 81.9 Å². The Morgan fingerprint density at radius 1 is 0.400 bits per heavy atom. The van der Waals surface area contributed by atoms with Crippen molar-refractivity contribution in [2.75, 3.05) is 0 Å². The van der Waals surface area contributed by atoms with E-state index >= 15 is 0 Å². The number of aromatic nitrogens is 2. The van der Waals surface area contributed by atoms with Gasteiger partial charge in [0.2, 0.25) is 0 Å². The fourth-order valence-corrected chi connectivity index (χ4v) is 4.25. The summed E-state index contributed by atoms with van der Waals surface area (Å²) in [4.78, 5) is 0. The van der Waals surface area contributed by atoms with Crippen LogP contribution < -0.4 is 0 Å². The average Bonchev–Trinajstić information content (AvgIpc) is 3.14. The van der Waals surface area contributed by atoms with Crippen LogP contribution in [0.15, 0.2) is 121 Å². The zero-order valence-corrected chi connectivity index (χ0v) is 17.2. The molecule has 30 heavy (non-hydrogen) atoms. The van der Waals surface area contributed by atoms with Crippen molar-refractivity contribution in [3.05, 3.63) is 126 Å². The molecule has 0 amide bonds. The Morgan fingerprint density at radius 3 is 1.03 bits per heavy atom. The molecule has 1 aromatic heterocycles. The number of para-hydroxylation sites is 2. The van der Waals surface area contributed by atoms with Gasteiger partial charge in [-0.3, -0.25) is 9.13 Å². The summed E-state index contributed by atoms with van der Waals surface area (Å²) in [7, 11) is 0. The largest absolute Gasteiger partial charge is 0.284 e. The fraction of sp³-hybridized carbons (Fsp3) is 0. The lowest BCUT2D eigenvalue weighted by Gasteiger charge is -2.12. The zero-order valence-electron chi connectivity index (χ0n) is 16.3. The highest BCUT2D eigenvalue weighted by atomic mass is 32.1. The first-order valence-corrected chi connectivity index (χ1v) is 10.3. The van der Waals surface area contributed by atoms with Gasteiger partial charge in [-0.25, -0.2) is 0 Å². The molecule has 0 bridgehead atoms.